The van der Waals surface area contributed by atoms with Gasteiger partial charge in [0, 0.05) is 5.56 Å². The van der Waals surface area contributed by atoms with Crippen LogP contribution < -0.4 is 10.1 Å². The molecule has 1 N–H and O–H groups in total. The van der Waals surface area contributed by atoms with Crippen molar-refractivity contribution in [2.45, 2.75) is 26.7 Å². The maximum atomic E-state index is 12.8. The lowest BCUT2D eigenvalue weighted by atomic mass is 9.90. The first kappa shape index (κ1) is 19.0. The predicted molar refractivity (Wildman–Crippen MR) is 120 cm³/mol. The summed E-state index contributed by atoms with van der Waals surface area (Å²) in [5.74, 6) is 0.524. The third-order valence-electron chi connectivity index (χ3n) is 5.67. The molecule has 0 aliphatic heterocycles. The molecule has 29 heavy (non-hydrogen) atoms. The first-order chi connectivity index (χ1) is 14.1. The molecule has 0 saturated carbocycles. The Bertz CT molecular complexity index is 1110. The van der Waals surface area contributed by atoms with Crippen LogP contribution in [0.15, 0.2) is 60.7 Å². The molecular formula is C26H25NO2. The third kappa shape index (κ3) is 3.68. The molecule has 1 amide bonds. The van der Waals surface area contributed by atoms with Crippen LogP contribution in [0.25, 0.3) is 17.2 Å². The topological polar surface area (TPSA) is 38.3 Å². The fourth-order valence-corrected chi connectivity index (χ4v) is 3.87. The highest BCUT2D eigenvalue weighted by atomic mass is 16.5. The molecule has 4 rings (SSSR count). The molecule has 0 radical (unpaired) electrons. The Labute approximate surface area is 172 Å². The van der Waals surface area contributed by atoms with Gasteiger partial charge in [0.15, 0.2) is 0 Å². The summed E-state index contributed by atoms with van der Waals surface area (Å²) in [5.41, 5.74) is 8.34. The summed E-state index contributed by atoms with van der Waals surface area (Å²) in [6.45, 7) is 3.98. The van der Waals surface area contributed by atoms with Crippen LogP contribution in [0.5, 0.6) is 5.75 Å². The van der Waals surface area contributed by atoms with E-state index in [-0.39, 0.29) is 5.91 Å². The SMILES string of the molecule is COc1cc(-c2cccc3c2C=CCC3)ccc1NC(=O)c1cccc(C)c1C. The van der Waals surface area contributed by atoms with E-state index < -0.39 is 0 Å². The first-order valence-corrected chi connectivity index (χ1v) is 9.93. The second-order valence-electron chi connectivity index (χ2n) is 7.44. The van der Waals surface area contributed by atoms with Crippen LogP contribution in [-0.4, -0.2) is 13.0 Å². The molecule has 146 valence electrons. The molecule has 0 bridgehead atoms. The Morgan fingerprint density at radius 1 is 1.03 bits per heavy atom. The zero-order valence-corrected chi connectivity index (χ0v) is 17.1. The highest BCUT2D eigenvalue weighted by molar-refractivity contribution is 6.06. The van der Waals surface area contributed by atoms with E-state index in [1.807, 2.05) is 50.2 Å². The van der Waals surface area contributed by atoms with Crippen molar-refractivity contribution >= 4 is 17.7 Å². The van der Waals surface area contributed by atoms with Gasteiger partial charge in [-0.25, -0.2) is 0 Å². The number of allylic oxidation sites excluding steroid dienone is 1. The van der Waals surface area contributed by atoms with E-state index in [2.05, 4.69) is 35.7 Å². The van der Waals surface area contributed by atoms with Crippen molar-refractivity contribution < 1.29 is 9.53 Å². The number of carbonyl (C=O) groups is 1. The summed E-state index contributed by atoms with van der Waals surface area (Å²) in [5, 5.41) is 3.01. The number of ether oxygens (including phenoxy) is 1. The smallest absolute Gasteiger partial charge is 0.256 e. The second-order valence-corrected chi connectivity index (χ2v) is 7.44. The van der Waals surface area contributed by atoms with E-state index in [0.717, 1.165) is 29.5 Å². The number of hydrogen-bond acceptors (Lipinski definition) is 2. The Morgan fingerprint density at radius 2 is 1.86 bits per heavy atom. The number of aryl methyl sites for hydroxylation is 2. The average Bonchev–Trinajstić information content (AvgIpc) is 2.75. The van der Waals surface area contributed by atoms with Gasteiger partial charge in [-0.3, -0.25) is 4.79 Å². The molecule has 0 unspecified atom stereocenters. The minimum Gasteiger partial charge on any atom is -0.495 e. The molecule has 3 nitrogen and oxygen atoms in total. The lowest BCUT2D eigenvalue weighted by Gasteiger charge is -2.17. The number of hydrogen-bond donors (Lipinski definition) is 1. The Hall–Kier alpha value is -3.33. The molecule has 1 aliphatic carbocycles. The van der Waals surface area contributed by atoms with Gasteiger partial charge in [-0.1, -0.05) is 48.6 Å². The monoisotopic (exact) mass is 383 g/mol. The van der Waals surface area contributed by atoms with Crippen LogP contribution in [0, 0.1) is 13.8 Å². The first-order valence-electron chi connectivity index (χ1n) is 9.93. The molecule has 3 aromatic rings. The third-order valence-corrected chi connectivity index (χ3v) is 5.67. The Balaban J connectivity index is 1.67. The minimum absolute atomic E-state index is 0.128. The van der Waals surface area contributed by atoms with Crippen molar-refractivity contribution in [1.82, 2.24) is 0 Å². The quantitative estimate of drug-likeness (QED) is 0.583. The average molecular weight is 383 g/mol. The number of nitrogens with one attached hydrogen (secondary N) is 1. The van der Waals surface area contributed by atoms with Crippen LogP contribution in [0.2, 0.25) is 0 Å². The van der Waals surface area contributed by atoms with E-state index in [1.54, 1.807) is 7.11 Å². The standard InChI is InChI=1S/C26H25NO2/c1-17-8-6-12-21(18(17)2)26(28)27-24-15-14-20(16-25(24)29-3)23-13-7-10-19-9-4-5-11-22(19)23/h5-8,10-16H,4,9H2,1-3H3,(H,27,28). The van der Waals surface area contributed by atoms with Crippen LogP contribution in [-0.2, 0) is 6.42 Å². The van der Waals surface area contributed by atoms with Crippen molar-refractivity contribution in [2.24, 2.45) is 0 Å². The van der Waals surface area contributed by atoms with Crippen LogP contribution in [0.3, 0.4) is 0 Å². The minimum atomic E-state index is -0.128. The van der Waals surface area contributed by atoms with Gasteiger partial charge < -0.3 is 10.1 Å². The molecule has 0 saturated heterocycles. The Kier molecular flexibility index (Phi) is 5.22. The van der Waals surface area contributed by atoms with Gasteiger partial charge in [0.1, 0.15) is 5.75 Å². The largest absolute Gasteiger partial charge is 0.495 e. The molecule has 1 aliphatic rings. The molecule has 0 atom stereocenters. The normalized spacial score (nSPS) is 12.4. The van der Waals surface area contributed by atoms with Crippen molar-refractivity contribution in [3.8, 4) is 16.9 Å². The van der Waals surface area contributed by atoms with Gasteiger partial charge in [-0.2, -0.15) is 0 Å². The van der Waals surface area contributed by atoms with E-state index in [1.165, 1.54) is 16.7 Å². The summed E-state index contributed by atoms with van der Waals surface area (Å²) < 4.78 is 5.61. The maximum absolute atomic E-state index is 12.8. The van der Waals surface area contributed by atoms with Crippen LogP contribution in [0.1, 0.15) is 39.0 Å². The van der Waals surface area contributed by atoms with E-state index in [0.29, 0.717) is 17.0 Å². The van der Waals surface area contributed by atoms with Crippen molar-refractivity contribution in [3.05, 3.63) is 88.5 Å². The summed E-state index contributed by atoms with van der Waals surface area (Å²) in [6, 6.07) is 18.2. The zero-order chi connectivity index (χ0) is 20.4. The number of fused-ring (bicyclic) bond motifs is 1. The fourth-order valence-electron chi connectivity index (χ4n) is 3.87. The van der Waals surface area contributed by atoms with Crippen molar-refractivity contribution in [2.75, 3.05) is 12.4 Å². The maximum Gasteiger partial charge on any atom is 0.256 e. The summed E-state index contributed by atoms with van der Waals surface area (Å²) in [7, 11) is 1.63. The number of benzene rings is 3. The number of rotatable bonds is 4. The zero-order valence-electron chi connectivity index (χ0n) is 17.1. The summed E-state index contributed by atoms with van der Waals surface area (Å²) in [6.07, 6.45) is 6.59. The van der Waals surface area contributed by atoms with Gasteiger partial charge >= 0.3 is 0 Å². The molecule has 0 spiro atoms. The predicted octanol–water partition coefficient (Wildman–Crippen LogP) is 6.19. The second kappa shape index (κ2) is 7.96. The number of methoxy groups -OCH3 is 1. The van der Waals surface area contributed by atoms with E-state index >= 15 is 0 Å². The van der Waals surface area contributed by atoms with Gasteiger partial charge in [-0.15, -0.1) is 0 Å². The van der Waals surface area contributed by atoms with E-state index in [9.17, 15) is 4.79 Å². The number of carbonyl (C=O) groups excluding carboxylic acids is 1. The molecule has 0 fully saturated rings. The highest BCUT2D eigenvalue weighted by Gasteiger charge is 2.15. The molecule has 0 aromatic heterocycles. The van der Waals surface area contributed by atoms with Gasteiger partial charge in [0.05, 0.1) is 12.8 Å². The fraction of sp³-hybridized carbons (Fsp3) is 0.192. The van der Waals surface area contributed by atoms with Gasteiger partial charge in [0.25, 0.3) is 5.91 Å². The van der Waals surface area contributed by atoms with Crippen molar-refractivity contribution in [1.29, 1.82) is 0 Å². The van der Waals surface area contributed by atoms with Gasteiger partial charge in [-0.05, 0) is 78.3 Å². The van der Waals surface area contributed by atoms with Gasteiger partial charge in [0.2, 0.25) is 0 Å². The summed E-state index contributed by atoms with van der Waals surface area (Å²) >= 11 is 0. The molecule has 3 heteroatoms. The lowest BCUT2D eigenvalue weighted by molar-refractivity contribution is 0.102. The highest BCUT2D eigenvalue weighted by Crippen LogP contribution is 2.35. The number of anilines is 1. The summed E-state index contributed by atoms with van der Waals surface area (Å²) in [4.78, 5) is 12.8. The Morgan fingerprint density at radius 3 is 2.69 bits per heavy atom. The van der Waals surface area contributed by atoms with Crippen LogP contribution >= 0.6 is 0 Å². The lowest BCUT2D eigenvalue weighted by Crippen LogP contribution is -2.14. The molecule has 0 heterocycles. The molecule has 3 aromatic carbocycles. The van der Waals surface area contributed by atoms with Crippen LogP contribution in [0.4, 0.5) is 5.69 Å². The number of amides is 1. The van der Waals surface area contributed by atoms with Crippen molar-refractivity contribution in [3.63, 3.8) is 0 Å². The molecular weight excluding hydrogens is 358 g/mol. The van der Waals surface area contributed by atoms with E-state index in [4.69, 9.17) is 4.74 Å².